The van der Waals surface area contributed by atoms with Crippen LogP contribution in [0.1, 0.15) is 17.3 Å². The first-order valence-electron chi connectivity index (χ1n) is 6.06. The Morgan fingerprint density at radius 1 is 1.50 bits per heavy atom. The van der Waals surface area contributed by atoms with Crippen molar-refractivity contribution in [1.29, 1.82) is 0 Å². The van der Waals surface area contributed by atoms with Crippen LogP contribution in [0.5, 0.6) is 0 Å². The van der Waals surface area contributed by atoms with Gasteiger partial charge in [0.1, 0.15) is 0 Å². The van der Waals surface area contributed by atoms with Crippen molar-refractivity contribution < 1.29 is 4.79 Å². The second-order valence-electron chi connectivity index (χ2n) is 4.57. The summed E-state index contributed by atoms with van der Waals surface area (Å²) in [5.41, 5.74) is 1.38. The van der Waals surface area contributed by atoms with Crippen LogP contribution >= 0.6 is 0 Å². The quantitative estimate of drug-likeness (QED) is 0.777. The van der Waals surface area contributed by atoms with Gasteiger partial charge in [0, 0.05) is 38.1 Å². The minimum absolute atomic E-state index is 0.0337. The van der Waals surface area contributed by atoms with Crippen molar-refractivity contribution >= 4 is 11.4 Å². The number of hydrogen-bond acceptors (Lipinski definition) is 4. The van der Waals surface area contributed by atoms with E-state index in [1.54, 1.807) is 29.3 Å². The monoisotopic (exact) mass is 245 g/mol. The highest BCUT2D eigenvalue weighted by molar-refractivity contribution is 6.00. The number of amides is 1. The molecule has 1 aliphatic heterocycles. The molecule has 1 saturated heterocycles. The van der Waals surface area contributed by atoms with Gasteiger partial charge in [-0.3, -0.25) is 9.78 Å². The summed E-state index contributed by atoms with van der Waals surface area (Å²) < 4.78 is 1.67. The molecule has 2 aromatic heterocycles. The molecule has 3 rings (SSSR count). The zero-order valence-electron chi connectivity index (χ0n) is 10.2. The summed E-state index contributed by atoms with van der Waals surface area (Å²) in [4.78, 5) is 18.3. The summed E-state index contributed by atoms with van der Waals surface area (Å²) >= 11 is 0. The van der Waals surface area contributed by atoms with Crippen LogP contribution in [-0.4, -0.2) is 51.1 Å². The molecule has 0 aliphatic carbocycles. The Labute approximate surface area is 105 Å². The maximum absolute atomic E-state index is 12.4. The SMILES string of the molecule is C[C@H]1CN(C(=O)c2cnn3ccncc23)CCN1. The van der Waals surface area contributed by atoms with Crippen molar-refractivity contribution in [2.45, 2.75) is 13.0 Å². The molecule has 0 saturated carbocycles. The van der Waals surface area contributed by atoms with E-state index in [1.165, 1.54) is 0 Å². The average molecular weight is 245 g/mol. The summed E-state index contributed by atoms with van der Waals surface area (Å²) in [5.74, 6) is 0.0337. The molecule has 0 radical (unpaired) electrons. The van der Waals surface area contributed by atoms with E-state index < -0.39 is 0 Å². The number of fused-ring (bicyclic) bond motifs is 1. The lowest BCUT2D eigenvalue weighted by atomic mass is 10.2. The molecule has 1 aliphatic rings. The van der Waals surface area contributed by atoms with E-state index in [-0.39, 0.29) is 5.91 Å². The number of carbonyl (C=O) groups is 1. The summed E-state index contributed by atoms with van der Waals surface area (Å²) in [6.45, 7) is 4.39. The van der Waals surface area contributed by atoms with Crippen LogP contribution in [-0.2, 0) is 0 Å². The van der Waals surface area contributed by atoms with E-state index in [9.17, 15) is 4.79 Å². The predicted octanol–water partition coefficient (Wildman–Crippen LogP) is 0.163. The minimum Gasteiger partial charge on any atom is -0.336 e. The van der Waals surface area contributed by atoms with Crippen LogP contribution in [0.15, 0.2) is 24.8 Å². The normalized spacial score (nSPS) is 20.3. The van der Waals surface area contributed by atoms with Gasteiger partial charge in [0.15, 0.2) is 0 Å². The van der Waals surface area contributed by atoms with Crippen molar-refractivity contribution in [1.82, 2.24) is 24.8 Å². The zero-order chi connectivity index (χ0) is 12.5. The van der Waals surface area contributed by atoms with Gasteiger partial charge in [-0.2, -0.15) is 5.10 Å². The van der Waals surface area contributed by atoms with Crippen molar-refractivity contribution in [2.24, 2.45) is 0 Å². The summed E-state index contributed by atoms with van der Waals surface area (Å²) in [7, 11) is 0. The van der Waals surface area contributed by atoms with Gasteiger partial charge in [0.25, 0.3) is 5.91 Å². The van der Waals surface area contributed by atoms with Crippen molar-refractivity contribution in [3.05, 3.63) is 30.4 Å². The highest BCUT2D eigenvalue weighted by Gasteiger charge is 2.23. The second kappa shape index (κ2) is 4.38. The molecule has 6 heteroatoms. The summed E-state index contributed by atoms with van der Waals surface area (Å²) in [6, 6.07) is 0.336. The lowest BCUT2D eigenvalue weighted by molar-refractivity contribution is 0.0711. The van der Waals surface area contributed by atoms with E-state index in [0.717, 1.165) is 25.2 Å². The smallest absolute Gasteiger partial charge is 0.257 e. The Morgan fingerprint density at radius 2 is 2.39 bits per heavy atom. The second-order valence-corrected chi connectivity index (χ2v) is 4.57. The number of hydrogen-bond donors (Lipinski definition) is 1. The molecule has 18 heavy (non-hydrogen) atoms. The number of carbonyl (C=O) groups excluding carboxylic acids is 1. The molecule has 0 spiro atoms. The van der Waals surface area contributed by atoms with Gasteiger partial charge in [-0.15, -0.1) is 0 Å². The maximum atomic E-state index is 12.4. The van der Waals surface area contributed by atoms with E-state index in [2.05, 4.69) is 22.3 Å². The van der Waals surface area contributed by atoms with E-state index >= 15 is 0 Å². The standard InChI is InChI=1S/C12H15N5O/c1-9-8-16(4-3-14-9)12(18)10-6-15-17-5-2-13-7-11(10)17/h2,5-7,9,14H,3-4,8H2,1H3/t9-/m0/s1. The van der Waals surface area contributed by atoms with Gasteiger partial charge in [0.05, 0.1) is 23.5 Å². The third-order valence-electron chi connectivity index (χ3n) is 3.21. The first-order valence-corrected chi connectivity index (χ1v) is 6.06. The van der Waals surface area contributed by atoms with Crippen LogP contribution in [0.2, 0.25) is 0 Å². The molecule has 6 nitrogen and oxygen atoms in total. The largest absolute Gasteiger partial charge is 0.336 e. The third-order valence-corrected chi connectivity index (χ3v) is 3.21. The lowest BCUT2D eigenvalue weighted by Crippen LogP contribution is -2.51. The predicted molar refractivity (Wildman–Crippen MR) is 66.4 cm³/mol. The Hall–Kier alpha value is -1.95. The fraction of sp³-hybridized carbons (Fsp3) is 0.417. The lowest BCUT2D eigenvalue weighted by Gasteiger charge is -2.31. The van der Waals surface area contributed by atoms with E-state index in [1.807, 2.05) is 4.90 Å². The molecular weight excluding hydrogens is 230 g/mol. The van der Waals surface area contributed by atoms with Crippen LogP contribution in [0.25, 0.3) is 5.52 Å². The van der Waals surface area contributed by atoms with Crippen molar-refractivity contribution in [3.63, 3.8) is 0 Å². The topological polar surface area (TPSA) is 62.5 Å². The fourth-order valence-corrected chi connectivity index (χ4v) is 2.29. The average Bonchev–Trinajstić information content (AvgIpc) is 2.82. The highest BCUT2D eigenvalue weighted by Crippen LogP contribution is 2.13. The Balaban J connectivity index is 1.92. The Bertz CT molecular complexity index is 579. The molecule has 2 aromatic rings. The van der Waals surface area contributed by atoms with Crippen molar-refractivity contribution in [2.75, 3.05) is 19.6 Å². The van der Waals surface area contributed by atoms with Gasteiger partial charge in [-0.25, -0.2) is 4.52 Å². The number of rotatable bonds is 1. The summed E-state index contributed by atoms with van der Waals surface area (Å²) in [5, 5.41) is 7.49. The van der Waals surface area contributed by atoms with Gasteiger partial charge in [-0.1, -0.05) is 0 Å². The summed E-state index contributed by atoms with van der Waals surface area (Å²) in [6.07, 6.45) is 6.69. The molecule has 0 unspecified atom stereocenters. The molecule has 0 aromatic carbocycles. The molecule has 1 atom stereocenters. The van der Waals surface area contributed by atoms with E-state index in [0.29, 0.717) is 11.6 Å². The zero-order valence-corrected chi connectivity index (χ0v) is 10.2. The molecule has 1 amide bonds. The van der Waals surface area contributed by atoms with E-state index in [4.69, 9.17) is 0 Å². The van der Waals surface area contributed by atoms with Crippen LogP contribution in [0.4, 0.5) is 0 Å². The number of nitrogens with zero attached hydrogens (tertiary/aromatic N) is 4. The molecule has 94 valence electrons. The molecule has 3 heterocycles. The fourth-order valence-electron chi connectivity index (χ4n) is 2.29. The third kappa shape index (κ3) is 1.84. The molecule has 1 N–H and O–H groups in total. The Kier molecular flexibility index (Phi) is 2.71. The Morgan fingerprint density at radius 3 is 3.22 bits per heavy atom. The number of aromatic nitrogens is 3. The van der Waals surface area contributed by atoms with Crippen molar-refractivity contribution in [3.8, 4) is 0 Å². The van der Waals surface area contributed by atoms with Gasteiger partial charge >= 0.3 is 0 Å². The van der Waals surface area contributed by atoms with Gasteiger partial charge < -0.3 is 10.2 Å². The first kappa shape index (κ1) is 11.2. The van der Waals surface area contributed by atoms with Crippen LogP contribution in [0.3, 0.4) is 0 Å². The minimum atomic E-state index is 0.0337. The molecule has 1 fully saturated rings. The molecule has 0 bridgehead atoms. The molecular formula is C12H15N5O. The number of piperazine rings is 1. The number of nitrogens with one attached hydrogen (secondary N) is 1. The van der Waals surface area contributed by atoms with Gasteiger partial charge in [-0.05, 0) is 6.92 Å². The van der Waals surface area contributed by atoms with Crippen LogP contribution < -0.4 is 5.32 Å². The van der Waals surface area contributed by atoms with Gasteiger partial charge in [0.2, 0.25) is 0 Å². The maximum Gasteiger partial charge on any atom is 0.257 e. The van der Waals surface area contributed by atoms with Crippen LogP contribution in [0, 0.1) is 0 Å². The first-order chi connectivity index (χ1) is 8.75. The highest BCUT2D eigenvalue weighted by atomic mass is 16.2.